The van der Waals surface area contributed by atoms with Gasteiger partial charge in [0, 0.05) is 0 Å². The molecule has 3 aliphatic heterocycles. The number of rotatable bonds is 2. The summed E-state index contributed by atoms with van der Waals surface area (Å²) in [5, 5.41) is 22.2. The molecule has 0 bridgehead atoms. The Kier molecular flexibility index (Phi) is 7.39. The van der Waals surface area contributed by atoms with Crippen LogP contribution in [-0.4, -0.2) is 109 Å². The quantitative estimate of drug-likeness (QED) is 0.0968. The lowest BCUT2D eigenvalue weighted by molar-refractivity contribution is -0.0664. The number of phosphoric ester groups is 2. The Hall–Kier alpha value is -3.64. The van der Waals surface area contributed by atoms with Crippen molar-refractivity contribution in [3.05, 3.63) is 33.4 Å². The lowest BCUT2D eigenvalue weighted by atomic mass is 10.1. The van der Waals surface area contributed by atoms with Gasteiger partial charge in [-0.05, 0) is 0 Å². The molecule has 4 aromatic heterocycles. The Bertz CT molecular complexity index is 1900. The van der Waals surface area contributed by atoms with E-state index in [1.165, 1.54) is 0 Å². The Morgan fingerprint density at radius 1 is 0.761 bits per heavy atom. The maximum atomic E-state index is 13.1. The van der Waals surface area contributed by atoms with Gasteiger partial charge in [0.15, 0.2) is 34.8 Å². The smallest absolute Gasteiger partial charge is 0.386 e. The van der Waals surface area contributed by atoms with Crippen LogP contribution in [0.4, 0.5) is 11.9 Å². The fraction of sp³-hybridized carbons (Fsp3) is 0.500. The highest BCUT2D eigenvalue weighted by atomic mass is 31.2. The van der Waals surface area contributed by atoms with Gasteiger partial charge in [0.25, 0.3) is 11.1 Å². The van der Waals surface area contributed by atoms with Crippen LogP contribution in [0.5, 0.6) is 0 Å². The van der Waals surface area contributed by atoms with Crippen molar-refractivity contribution in [1.29, 1.82) is 0 Å². The van der Waals surface area contributed by atoms with Gasteiger partial charge in [0.1, 0.15) is 36.6 Å². The van der Waals surface area contributed by atoms with Gasteiger partial charge in [-0.1, -0.05) is 0 Å². The second kappa shape index (κ2) is 11.0. The molecule has 0 amide bonds. The molecule has 10 N–H and O–H groups in total. The van der Waals surface area contributed by atoms with Crippen molar-refractivity contribution >= 4 is 49.9 Å². The van der Waals surface area contributed by atoms with Gasteiger partial charge in [0.2, 0.25) is 11.9 Å². The highest BCUT2D eigenvalue weighted by Crippen LogP contribution is 2.53. The number of nitrogens with zero attached hydrogens (tertiary/aromatic N) is 6. The molecule has 3 saturated heterocycles. The third-order valence-electron chi connectivity index (χ3n) is 7.38. The molecule has 2 unspecified atom stereocenters. The average molecular weight is 690 g/mol. The number of aliphatic hydroxyl groups excluding tert-OH is 2. The van der Waals surface area contributed by atoms with Crippen molar-refractivity contribution in [3.8, 4) is 0 Å². The molecule has 7 rings (SSSR count). The Morgan fingerprint density at radius 3 is 1.54 bits per heavy atom. The summed E-state index contributed by atoms with van der Waals surface area (Å²) < 4.78 is 60.5. The minimum atomic E-state index is -5.10. The minimum absolute atomic E-state index is 0.121. The van der Waals surface area contributed by atoms with E-state index in [4.69, 9.17) is 39.0 Å². The fourth-order valence-corrected chi connectivity index (χ4v) is 7.32. The molecular weight excluding hydrogens is 666 g/mol. The van der Waals surface area contributed by atoms with Gasteiger partial charge in [-0.25, -0.2) is 19.1 Å². The number of nitrogens with two attached hydrogens (primary N) is 2. The lowest BCUT2D eigenvalue weighted by Crippen LogP contribution is -2.39. The maximum absolute atomic E-state index is 13.1. The van der Waals surface area contributed by atoms with Crippen LogP contribution in [0.1, 0.15) is 12.5 Å². The van der Waals surface area contributed by atoms with E-state index < -0.39 is 89.1 Å². The molecule has 7 heterocycles. The van der Waals surface area contributed by atoms with Gasteiger partial charge in [-0.2, -0.15) is 9.97 Å². The number of aromatic nitrogens is 8. The third-order valence-corrected chi connectivity index (χ3v) is 9.35. The number of hydrogen-bond acceptors (Lipinski definition) is 18. The summed E-state index contributed by atoms with van der Waals surface area (Å²) in [6, 6.07) is 0. The van der Waals surface area contributed by atoms with E-state index in [-0.39, 0.29) is 34.2 Å². The first kappa shape index (κ1) is 31.0. The summed E-state index contributed by atoms with van der Waals surface area (Å²) >= 11 is 0. The van der Waals surface area contributed by atoms with Gasteiger partial charge >= 0.3 is 15.6 Å². The zero-order valence-corrected chi connectivity index (χ0v) is 24.6. The second-order valence-corrected chi connectivity index (χ2v) is 13.1. The van der Waals surface area contributed by atoms with Crippen molar-refractivity contribution in [3.63, 3.8) is 0 Å². The molecule has 0 aromatic carbocycles. The number of ether oxygens (including phenoxy) is 2. The molecule has 3 aliphatic rings. The molecule has 3 fully saturated rings. The third kappa shape index (κ3) is 5.33. The number of H-pyrrole nitrogens is 2. The highest BCUT2D eigenvalue weighted by molar-refractivity contribution is 7.47. The van der Waals surface area contributed by atoms with Gasteiger partial charge in [-0.3, -0.25) is 46.8 Å². The van der Waals surface area contributed by atoms with Crippen molar-refractivity contribution < 1.29 is 56.7 Å². The number of aromatic amines is 2. The summed E-state index contributed by atoms with van der Waals surface area (Å²) in [6.45, 7) is -1.74. The van der Waals surface area contributed by atoms with E-state index in [0.717, 1.165) is 21.8 Å². The summed E-state index contributed by atoms with van der Waals surface area (Å²) in [6.07, 6.45) is -10.9. The molecule has 0 radical (unpaired) electrons. The van der Waals surface area contributed by atoms with Crippen molar-refractivity contribution in [2.24, 2.45) is 0 Å². The molecule has 10 atom stereocenters. The van der Waals surface area contributed by atoms with Crippen LogP contribution in [-0.2, 0) is 36.7 Å². The van der Waals surface area contributed by atoms with Crippen LogP contribution in [0.2, 0.25) is 0 Å². The SMILES string of the molecule is Nc1nc2c(ncn2[C@H]2O[C@H]3COP(=O)(O)O[C@H]4[C@@H](O)[C@@H](n5cnc6c(=O)[nH]c(N)nc65)O[C@@H]4COP(=O)(O)O[C@H]3[C@H]2O)c(=O)[nH]1. The topological polar surface area (TPSA) is 350 Å². The zero-order valence-electron chi connectivity index (χ0n) is 22.8. The van der Waals surface area contributed by atoms with E-state index in [2.05, 4.69) is 29.9 Å². The normalized spacial score (nSPS) is 37.1. The minimum Gasteiger partial charge on any atom is -0.386 e. The summed E-state index contributed by atoms with van der Waals surface area (Å²) in [7, 11) is -10.2. The summed E-state index contributed by atoms with van der Waals surface area (Å²) in [4.78, 5) is 65.9. The number of fused-ring (bicyclic) bond motifs is 4. The van der Waals surface area contributed by atoms with E-state index in [1.54, 1.807) is 0 Å². The zero-order chi connectivity index (χ0) is 32.7. The number of nitrogens with one attached hydrogen (secondary N) is 2. The molecule has 46 heavy (non-hydrogen) atoms. The van der Waals surface area contributed by atoms with Crippen molar-refractivity contribution in [1.82, 2.24) is 39.0 Å². The first-order valence-corrected chi connectivity index (χ1v) is 16.1. The molecule has 0 aliphatic carbocycles. The number of aliphatic hydroxyl groups is 2. The lowest BCUT2D eigenvalue weighted by Gasteiger charge is -2.27. The molecule has 0 spiro atoms. The van der Waals surface area contributed by atoms with Gasteiger partial charge in [0.05, 0.1) is 25.9 Å². The predicted octanol–water partition coefficient (Wildman–Crippen LogP) is -3.05. The standard InChI is InChI=1S/C20H24N10O14P2/c21-19-25-13-7(15(33)27-19)23-3-29(13)17-9(31)11-5(41-17)1-39-45(35,36)44-12-6(2-40-46(37,38)43-11)42-18(10(12)32)30-4-24-8-14(30)26-20(22)28-16(8)34/h3-6,9-12,17-18,31-32H,1-2H2,(H,35,36)(H,37,38)(H3,21,25,27,33)(H3,22,26,28,34)/t5-,6+,9-,10-,11-,12-,17+,18+/m1/s1. The molecular formula is C20H24N10O14P2. The number of anilines is 2. The fourth-order valence-electron chi connectivity index (χ4n) is 5.39. The Labute approximate surface area is 253 Å². The summed E-state index contributed by atoms with van der Waals surface area (Å²) in [5.74, 6) is -0.561. The molecule has 248 valence electrons. The first-order chi connectivity index (χ1) is 21.7. The number of hydrogen-bond donors (Lipinski definition) is 8. The van der Waals surface area contributed by atoms with Crippen LogP contribution in [0.3, 0.4) is 0 Å². The van der Waals surface area contributed by atoms with E-state index in [1.807, 2.05) is 0 Å². The molecule has 24 nitrogen and oxygen atoms in total. The number of imidazole rings is 2. The van der Waals surface area contributed by atoms with Crippen molar-refractivity contribution in [2.45, 2.75) is 49.1 Å². The van der Waals surface area contributed by atoms with E-state index in [9.17, 15) is 38.7 Å². The Balaban J connectivity index is 1.18. The van der Waals surface area contributed by atoms with Crippen LogP contribution in [0.25, 0.3) is 22.3 Å². The van der Waals surface area contributed by atoms with E-state index >= 15 is 0 Å². The predicted molar refractivity (Wildman–Crippen MR) is 146 cm³/mol. The van der Waals surface area contributed by atoms with Crippen molar-refractivity contribution in [2.75, 3.05) is 24.7 Å². The average Bonchev–Trinajstić information content (AvgIpc) is 3.72. The molecule has 0 saturated carbocycles. The number of phosphoric acid groups is 2. The second-order valence-electron chi connectivity index (χ2n) is 10.3. The van der Waals surface area contributed by atoms with Crippen LogP contribution in [0, 0.1) is 0 Å². The van der Waals surface area contributed by atoms with Crippen LogP contribution < -0.4 is 22.6 Å². The molecule has 26 heteroatoms. The summed E-state index contributed by atoms with van der Waals surface area (Å²) in [5.41, 5.74) is 9.28. The van der Waals surface area contributed by atoms with Crippen LogP contribution in [0.15, 0.2) is 22.2 Å². The molecule has 4 aromatic rings. The Morgan fingerprint density at radius 2 is 1.15 bits per heavy atom. The maximum Gasteiger partial charge on any atom is 0.472 e. The number of nitrogen functional groups attached to an aromatic ring is 2. The van der Waals surface area contributed by atoms with Gasteiger partial charge in [-0.15, -0.1) is 0 Å². The van der Waals surface area contributed by atoms with Gasteiger partial charge < -0.3 is 40.9 Å². The van der Waals surface area contributed by atoms with Crippen LogP contribution >= 0.6 is 15.6 Å². The largest absolute Gasteiger partial charge is 0.472 e. The monoisotopic (exact) mass is 690 g/mol. The van der Waals surface area contributed by atoms with E-state index in [0.29, 0.717) is 0 Å². The first-order valence-electron chi connectivity index (χ1n) is 13.1. The highest BCUT2D eigenvalue weighted by Gasteiger charge is 2.54.